The van der Waals surface area contributed by atoms with E-state index >= 15 is 0 Å². The van der Waals surface area contributed by atoms with Crippen LogP contribution in [0, 0.1) is 0 Å². The van der Waals surface area contributed by atoms with Crippen molar-refractivity contribution < 1.29 is 51.9 Å². The summed E-state index contributed by atoms with van der Waals surface area (Å²) in [6.07, 6.45) is 2.17. The summed E-state index contributed by atoms with van der Waals surface area (Å²) in [6, 6.07) is 23.4. The SMILES string of the molecule is CC(CCC(CC(CC(C)c1ccc(S(=O)(=O)O)cc1)c1ccc(S(=O)(=O)O)cc1)c1ccc(S(=O)(=O)O)cc1)c1ccc(S(=O)(=O)O)cc1. The topological polar surface area (TPSA) is 217 Å². The molecule has 0 radical (unpaired) electrons. The van der Waals surface area contributed by atoms with Crippen molar-refractivity contribution in [2.24, 2.45) is 0 Å². The summed E-state index contributed by atoms with van der Waals surface area (Å²) in [5.41, 5.74) is 3.15. The van der Waals surface area contributed by atoms with Crippen LogP contribution < -0.4 is 0 Å². The van der Waals surface area contributed by atoms with Crippen LogP contribution in [0.25, 0.3) is 0 Å². The van der Waals surface area contributed by atoms with E-state index in [2.05, 4.69) is 0 Å². The van der Waals surface area contributed by atoms with Crippen molar-refractivity contribution in [2.75, 3.05) is 0 Å². The minimum atomic E-state index is -4.45. The normalized spacial score (nSPS) is 15.2. The molecular formula is C34H38O12S4. The lowest BCUT2D eigenvalue weighted by Crippen LogP contribution is -2.12. The zero-order chi connectivity index (χ0) is 37.1. The lowest BCUT2D eigenvalue weighted by molar-refractivity contribution is 0.440. The Balaban J connectivity index is 1.69. The van der Waals surface area contributed by atoms with E-state index in [1.165, 1.54) is 48.5 Å². The third kappa shape index (κ3) is 10.5. The highest BCUT2D eigenvalue weighted by Crippen LogP contribution is 2.41. The molecule has 4 aromatic carbocycles. The molecule has 4 unspecified atom stereocenters. The van der Waals surface area contributed by atoms with Crippen LogP contribution in [0.15, 0.2) is 117 Å². The maximum Gasteiger partial charge on any atom is 0.294 e. The van der Waals surface area contributed by atoms with Gasteiger partial charge in [-0.05, 0) is 120 Å². The maximum atomic E-state index is 11.8. The fourth-order valence-electron chi connectivity index (χ4n) is 6.07. The first-order chi connectivity index (χ1) is 23.1. The van der Waals surface area contributed by atoms with Crippen LogP contribution in [-0.2, 0) is 40.5 Å². The molecule has 0 amide bonds. The van der Waals surface area contributed by atoms with Crippen molar-refractivity contribution in [1.82, 2.24) is 0 Å². The van der Waals surface area contributed by atoms with Gasteiger partial charge in [0.15, 0.2) is 0 Å². The van der Waals surface area contributed by atoms with Gasteiger partial charge in [-0.1, -0.05) is 62.4 Å². The highest BCUT2D eigenvalue weighted by Gasteiger charge is 2.25. The average molecular weight is 767 g/mol. The third-order valence-electron chi connectivity index (χ3n) is 8.95. The molecule has 4 atom stereocenters. The van der Waals surface area contributed by atoms with Crippen LogP contribution in [0.2, 0.25) is 0 Å². The van der Waals surface area contributed by atoms with E-state index in [1.54, 1.807) is 48.5 Å². The van der Waals surface area contributed by atoms with Crippen molar-refractivity contribution in [1.29, 1.82) is 0 Å². The van der Waals surface area contributed by atoms with E-state index in [-0.39, 0.29) is 43.3 Å². The number of benzene rings is 4. The lowest BCUT2D eigenvalue weighted by atomic mass is 9.77. The zero-order valence-electron chi connectivity index (χ0n) is 27.1. The summed E-state index contributed by atoms with van der Waals surface area (Å²) in [5, 5.41) is 0. The third-order valence-corrected chi connectivity index (χ3v) is 12.4. The number of rotatable bonds is 15. The van der Waals surface area contributed by atoms with Gasteiger partial charge in [0.1, 0.15) is 0 Å². The molecule has 0 bridgehead atoms. The zero-order valence-corrected chi connectivity index (χ0v) is 30.3. The molecule has 50 heavy (non-hydrogen) atoms. The van der Waals surface area contributed by atoms with E-state index in [1.807, 2.05) is 13.8 Å². The highest BCUT2D eigenvalue weighted by atomic mass is 32.2. The Morgan fingerprint density at radius 1 is 0.380 bits per heavy atom. The van der Waals surface area contributed by atoms with Gasteiger partial charge in [0, 0.05) is 0 Å². The van der Waals surface area contributed by atoms with Crippen molar-refractivity contribution in [3.63, 3.8) is 0 Å². The van der Waals surface area contributed by atoms with E-state index in [4.69, 9.17) is 0 Å². The van der Waals surface area contributed by atoms with Crippen molar-refractivity contribution in [3.8, 4) is 0 Å². The first-order valence-electron chi connectivity index (χ1n) is 15.4. The Morgan fingerprint density at radius 2 is 0.660 bits per heavy atom. The molecule has 0 aliphatic carbocycles. The molecule has 0 fully saturated rings. The Labute approximate surface area is 293 Å². The summed E-state index contributed by atoms with van der Waals surface area (Å²) in [4.78, 5) is -1.03. The molecule has 0 aromatic heterocycles. The second-order valence-electron chi connectivity index (χ2n) is 12.4. The first-order valence-corrected chi connectivity index (χ1v) is 21.2. The molecule has 4 rings (SSSR count). The molecule has 4 N–H and O–H groups in total. The molecule has 270 valence electrons. The number of hydrogen-bond donors (Lipinski definition) is 4. The minimum absolute atomic E-state index is 0.0576. The van der Waals surface area contributed by atoms with E-state index in [0.29, 0.717) is 25.7 Å². The molecule has 0 aliphatic heterocycles. The van der Waals surface area contributed by atoms with Crippen LogP contribution in [-0.4, -0.2) is 51.9 Å². The van der Waals surface area contributed by atoms with Gasteiger partial charge in [-0.25, -0.2) is 0 Å². The molecular weight excluding hydrogens is 729 g/mol. The molecule has 0 spiro atoms. The highest BCUT2D eigenvalue weighted by molar-refractivity contribution is 7.86. The second-order valence-corrected chi connectivity index (χ2v) is 18.1. The predicted octanol–water partition coefficient (Wildman–Crippen LogP) is 6.71. The van der Waals surface area contributed by atoms with E-state index in [9.17, 15) is 51.9 Å². The van der Waals surface area contributed by atoms with Crippen molar-refractivity contribution >= 4 is 40.5 Å². The van der Waals surface area contributed by atoms with Crippen LogP contribution in [0.5, 0.6) is 0 Å². The Kier molecular flexibility index (Phi) is 12.1. The van der Waals surface area contributed by atoms with Crippen molar-refractivity contribution in [2.45, 2.75) is 82.8 Å². The van der Waals surface area contributed by atoms with Crippen molar-refractivity contribution in [3.05, 3.63) is 119 Å². The summed E-state index contributed by atoms with van der Waals surface area (Å²) < 4.78 is 131. The van der Waals surface area contributed by atoms with Crippen LogP contribution in [0.1, 0.15) is 85.5 Å². The monoisotopic (exact) mass is 766 g/mol. The van der Waals surface area contributed by atoms with Crippen LogP contribution >= 0.6 is 0 Å². The second kappa shape index (κ2) is 15.4. The van der Waals surface area contributed by atoms with Gasteiger partial charge in [-0.2, -0.15) is 33.7 Å². The Morgan fingerprint density at radius 3 is 0.980 bits per heavy atom. The largest absolute Gasteiger partial charge is 0.294 e. The van der Waals surface area contributed by atoms with E-state index < -0.39 is 40.5 Å². The lowest BCUT2D eigenvalue weighted by Gasteiger charge is -2.28. The van der Waals surface area contributed by atoms with Gasteiger partial charge in [0.25, 0.3) is 40.5 Å². The van der Waals surface area contributed by atoms with Gasteiger partial charge in [-0.3, -0.25) is 18.2 Å². The molecule has 0 saturated heterocycles. The average Bonchev–Trinajstić information content (AvgIpc) is 3.04. The van der Waals surface area contributed by atoms with Gasteiger partial charge in [0.2, 0.25) is 0 Å². The smallest absolute Gasteiger partial charge is 0.282 e. The van der Waals surface area contributed by atoms with Crippen LogP contribution in [0.3, 0.4) is 0 Å². The molecule has 0 saturated carbocycles. The van der Waals surface area contributed by atoms with Gasteiger partial charge in [0.05, 0.1) is 19.6 Å². The Hall–Kier alpha value is -3.48. The molecule has 4 aromatic rings. The van der Waals surface area contributed by atoms with Gasteiger partial charge in [-0.15, -0.1) is 0 Å². The predicted molar refractivity (Wildman–Crippen MR) is 186 cm³/mol. The fourth-order valence-corrected chi connectivity index (χ4v) is 7.99. The molecule has 16 heteroatoms. The van der Waals surface area contributed by atoms with Crippen LogP contribution in [0.4, 0.5) is 0 Å². The molecule has 0 aliphatic rings. The quantitative estimate of drug-likeness (QED) is 0.0929. The minimum Gasteiger partial charge on any atom is -0.282 e. The summed E-state index contributed by atoms with van der Waals surface area (Å²) in [5.74, 6) is -0.653. The maximum absolute atomic E-state index is 11.8. The summed E-state index contributed by atoms with van der Waals surface area (Å²) in [7, 11) is -17.6. The molecule has 0 heterocycles. The summed E-state index contributed by atoms with van der Waals surface area (Å²) >= 11 is 0. The first kappa shape index (κ1) is 39.3. The van der Waals surface area contributed by atoms with Gasteiger partial charge >= 0.3 is 0 Å². The molecule has 12 nitrogen and oxygen atoms in total. The van der Waals surface area contributed by atoms with E-state index in [0.717, 1.165) is 22.3 Å². The summed E-state index contributed by atoms with van der Waals surface area (Å²) in [6.45, 7) is 3.90. The Bertz CT molecular complexity index is 2220. The number of hydrogen-bond acceptors (Lipinski definition) is 8. The standard InChI is InChI=1S/C34H38O12S4/c1-23(25-5-13-31(14-6-25)47(35,36)37)3-4-29(27-9-17-33(18-10-27)49(41,42)43)22-30(28-11-19-34(20-12-28)50(44,45)46)21-24(2)26-7-15-32(16-8-26)48(38,39)40/h5-20,23-24,29-30H,3-4,21-22H2,1-2H3,(H,35,36,37)(H,38,39,40)(H,41,42,43)(H,44,45,46). The van der Waals surface area contributed by atoms with Gasteiger partial charge < -0.3 is 0 Å². The fraction of sp³-hybridized carbons (Fsp3) is 0.294.